The Labute approximate surface area is 124 Å². The fourth-order valence-electron chi connectivity index (χ4n) is 2.40. The molecule has 0 radical (unpaired) electrons. The summed E-state index contributed by atoms with van der Waals surface area (Å²) >= 11 is 0. The SMILES string of the molecule is CCc1ccc(OCC(=O)N2CCC(C(=O)OC)C2)cc1. The monoisotopic (exact) mass is 291 g/mol. The van der Waals surface area contributed by atoms with Crippen LogP contribution in [0.2, 0.25) is 0 Å². The minimum atomic E-state index is -0.249. The minimum Gasteiger partial charge on any atom is -0.484 e. The lowest BCUT2D eigenvalue weighted by Crippen LogP contribution is -2.34. The molecule has 1 atom stereocenters. The normalized spacial score (nSPS) is 17.6. The fraction of sp³-hybridized carbons (Fsp3) is 0.500. The van der Waals surface area contributed by atoms with E-state index in [1.165, 1.54) is 12.7 Å². The van der Waals surface area contributed by atoms with E-state index < -0.39 is 0 Å². The van der Waals surface area contributed by atoms with Crippen LogP contribution < -0.4 is 4.74 Å². The van der Waals surface area contributed by atoms with Crippen LogP contribution in [0.1, 0.15) is 18.9 Å². The highest BCUT2D eigenvalue weighted by atomic mass is 16.5. The summed E-state index contributed by atoms with van der Waals surface area (Å²) in [6.45, 7) is 3.09. The molecule has 0 spiro atoms. The van der Waals surface area contributed by atoms with Crippen LogP contribution in [0, 0.1) is 5.92 Å². The van der Waals surface area contributed by atoms with E-state index >= 15 is 0 Å². The summed E-state index contributed by atoms with van der Waals surface area (Å²) in [5.41, 5.74) is 1.23. The molecular formula is C16H21NO4. The van der Waals surface area contributed by atoms with Crippen LogP contribution in [0.15, 0.2) is 24.3 Å². The molecule has 5 nitrogen and oxygen atoms in total. The van der Waals surface area contributed by atoms with Crippen LogP contribution in [0.3, 0.4) is 0 Å². The van der Waals surface area contributed by atoms with Gasteiger partial charge >= 0.3 is 5.97 Å². The van der Waals surface area contributed by atoms with Gasteiger partial charge in [0.1, 0.15) is 5.75 Å². The molecule has 1 aromatic rings. The van der Waals surface area contributed by atoms with E-state index in [0.717, 1.165) is 6.42 Å². The van der Waals surface area contributed by atoms with Gasteiger partial charge < -0.3 is 14.4 Å². The first-order chi connectivity index (χ1) is 10.1. The Morgan fingerprint density at radius 1 is 1.29 bits per heavy atom. The fourth-order valence-corrected chi connectivity index (χ4v) is 2.40. The number of ether oxygens (including phenoxy) is 2. The van der Waals surface area contributed by atoms with Gasteiger partial charge in [0.2, 0.25) is 0 Å². The number of aryl methyl sites for hydroxylation is 1. The molecule has 0 aliphatic carbocycles. The molecule has 1 heterocycles. The van der Waals surface area contributed by atoms with Crippen molar-refractivity contribution in [1.29, 1.82) is 0 Å². The molecule has 2 rings (SSSR count). The zero-order chi connectivity index (χ0) is 15.2. The Bertz CT molecular complexity index is 498. The predicted octanol–water partition coefficient (Wildman–Crippen LogP) is 1.65. The molecule has 1 aliphatic heterocycles. The summed E-state index contributed by atoms with van der Waals surface area (Å²) < 4.78 is 10.2. The smallest absolute Gasteiger partial charge is 0.310 e. The molecule has 1 amide bonds. The number of carbonyl (C=O) groups excluding carboxylic acids is 2. The van der Waals surface area contributed by atoms with Crippen LogP contribution in [0.5, 0.6) is 5.75 Å². The number of rotatable bonds is 5. The highest BCUT2D eigenvalue weighted by Crippen LogP contribution is 2.18. The van der Waals surface area contributed by atoms with Crippen LogP contribution in [0.4, 0.5) is 0 Å². The molecule has 0 bridgehead atoms. The number of hydrogen-bond donors (Lipinski definition) is 0. The van der Waals surface area contributed by atoms with Gasteiger partial charge in [0.15, 0.2) is 6.61 Å². The van der Waals surface area contributed by atoms with Crippen molar-refractivity contribution < 1.29 is 19.1 Å². The molecule has 21 heavy (non-hydrogen) atoms. The maximum atomic E-state index is 12.0. The van der Waals surface area contributed by atoms with Gasteiger partial charge in [-0.3, -0.25) is 9.59 Å². The molecular weight excluding hydrogens is 270 g/mol. The number of hydrogen-bond acceptors (Lipinski definition) is 4. The predicted molar refractivity (Wildman–Crippen MR) is 78.0 cm³/mol. The molecule has 1 aliphatic rings. The van der Waals surface area contributed by atoms with Crippen molar-refractivity contribution in [3.05, 3.63) is 29.8 Å². The van der Waals surface area contributed by atoms with Crippen molar-refractivity contribution in [2.75, 3.05) is 26.8 Å². The number of methoxy groups -OCH3 is 1. The third kappa shape index (κ3) is 3.97. The highest BCUT2D eigenvalue weighted by Gasteiger charge is 2.31. The maximum Gasteiger partial charge on any atom is 0.310 e. The van der Waals surface area contributed by atoms with E-state index in [9.17, 15) is 9.59 Å². The van der Waals surface area contributed by atoms with E-state index in [0.29, 0.717) is 25.3 Å². The van der Waals surface area contributed by atoms with Crippen molar-refractivity contribution in [3.8, 4) is 5.75 Å². The van der Waals surface area contributed by atoms with Crippen LogP contribution in [0.25, 0.3) is 0 Å². The highest BCUT2D eigenvalue weighted by molar-refractivity contribution is 5.80. The van der Waals surface area contributed by atoms with Gasteiger partial charge in [0.25, 0.3) is 5.91 Å². The first-order valence-electron chi connectivity index (χ1n) is 7.21. The quantitative estimate of drug-likeness (QED) is 0.774. The lowest BCUT2D eigenvalue weighted by molar-refractivity contribution is -0.145. The maximum absolute atomic E-state index is 12.0. The van der Waals surface area contributed by atoms with Crippen LogP contribution in [-0.2, 0) is 20.7 Å². The largest absolute Gasteiger partial charge is 0.484 e. The second-order valence-electron chi connectivity index (χ2n) is 5.13. The second kappa shape index (κ2) is 7.11. The van der Waals surface area contributed by atoms with Gasteiger partial charge in [-0.15, -0.1) is 0 Å². The Balaban J connectivity index is 1.80. The first-order valence-corrected chi connectivity index (χ1v) is 7.21. The molecule has 0 aromatic heterocycles. The number of likely N-dealkylation sites (tertiary alicyclic amines) is 1. The zero-order valence-electron chi connectivity index (χ0n) is 12.5. The molecule has 1 unspecified atom stereocenters. The van der Waals surface area contributed by atoms with E-state index in [1.807, 2.05) is 24.3 Å². The second-order valence-corrected chi connectivity index (χ2v) is 5.13. The van der Waals surface area contributed by atoms with Gasteiger partial charge in [0.05, 0.1) is 13.0 Å². The van der Waals surface area contributed by atoms with Crippen molar-refractivity contribution in [2.45, 2.75) is 19.8 Å². The molecule has 1 aromatic carbocycles. The average molecular weight is 291 g/mol. The summed E-state index contributed by atoms with van der Waals surface area (Å²) in [6, 6.07) is 7.71. The molecule has 114 valence electrons. The summed E-state index contributed by atoms with van der Waals surface area (Å²) in [5.74, 6) is 0.134. The number of benzene rings is 1. The van der Waals surface area contributed by atoms with Gasteiger partial charge in [-0.25, -0.2) is 0 Å². The minimum absolute atomic E-state index is 0.000631. The third-order valence-corrected chi connectivity index (χ3v) is 3.77. The number of carbonyl (C=O) groups is 2. The third-order valence-electron chi connectivity index (χ3n) is 3.77. The van der Waals surface area contributed by atoms with Crippen molar-refractivity contribution >= 4 is 11.9 Å². The summed E-state index contributed by atoms with van der Waals surface area (Å²) in [4.78, 5) is 25.1. The van der Waals surface area contributed by atoms with Crippen molar-refractivity contribution in [1.82, 2.24) is 4.90 Å². The molecule has 1 fully saturated rings. The molecule has 5 heteroatoms. The van der Waals surface area contributed by atoms with Crippen molar-refractivity contribution in [2.24, 2.45) is 5.92 Å². The Morgan fingerprint density at radius 3 is 2.62 bits per heavy atom. The molecule has 1 saturated heterocycles. The van der Waals surface area contributed by atoms with Crippen LogP contribution >= 0.6 is 0 Å². The number of amides is 1. The Kier molecular flexibility index (Phi) is 5.20. The topological polar surface area (TPSA) is 55.8 Å². The van der Waals surface area contributed by atoms with Crippen molar-refractivity contribution in [3.63, 3.8) is 0 Å². The van der Waals surface area contributed by atoms with E-state index in [1.54, 1.807) is 4.90 Å². The summed E-state index contributed by atoms with van der Waals surface area (Å²) in [6.07, 6.45) is 1.63. The summed E-state index contributed by atoms with van der Waals surface area (Å²) in [7, 11) is 1.37. The lowest BCUT2D eigenvalue weighted by Gasteiger charge is -2.16. The summed E-state index contributed by atoms with van der Waals surface area (Å²) in [5, 5.41) is 0. The lowest BCUT2D eigenvalue weighted by atomic mass is 10.1. The van der Waals surface area contributed by atoms with Gasteiger partial charge in [-0.2, -0.15) is 0 Å². The number of esters is 1. The Morgan fingerprint density at radius 2 is 2.00 bits per heavy atom. The Hall–Kier alpha value is -2.04. The van der Waals surface area contributed by atoms with Gasteiger partial charge in [0, 0.05) is 13.1 Å². The zero-order valence-corrected chi connectivity index (χ0v) is 12.5. The standard InChI is InChI=1S/C16H21NO4/c1-3-12-4-6-14(7-5-12)21-11-15(18)17-9-8-13(10-17)16(19)20-2/h4-7,13H,3,8-11H2,1-2H3. The molecule has 0 saturated carbocycles. The number of nitrogens with zero attached hydrogens (tertiary/aromatic N) is 1. The average Bonchev–Trinajstić information content (AvgIpc) is 3.02. The van der Waals surface area contributed by atoms with E-state index in [-0.39, 0.29) is 24.4 Å². The molecule has 0 N–H and O–H groups in total. The van der Waals surface area contributed by atoms with E-state index in [4.69, 9.17) is 9.47 Å². The van der Waals surface area contributed by atoms with Crippen LogP contribution in [-0.4, -0.2) is 43.6 Å². The van der Waals surface area contributed by atoms with Gasteiger partial charge in [-0.1, -0.05) is 19.1 Å². The first kappa shape index (κ1) is 15.4. The van der Waals surface area contributed by atoms with Gasteiger partial charge in [-0.05, 0) is 30.5 Å². The van der Waals surface area contributed by atoms with E-state index in [2.05, 4.69) is 6.92 Å².